The number of nitrogen functional groups attached to an aromatic ring is 1. The van der Waals surface area contributed by atoms with E-state index in [0.29, 0.717) is 22.8 Å². The largest absolute Gasteiger partial charge is 0.390 e. The van der Waals surface area contributed by atoms with E-state index in [9.17, 15) is 9.90 Å². The summed E-state index contributed by atoms with van der Waals surface area (Å²) in [6.45, 7) is 1.35. The Labute approximate surface area is 195 Å². The highest BCUT2D eigenvalue weighted by Crippen LogP contribution is 2.34. The van der Waals surface area contributed by atoms with Gasteiger partial charge in [-0.05, 0) is 24.6 Å². The number of aryl methyl sites for hydroxylation is 2. The Kier molecular flexibility index (Phi) is 3.75. The van der Waals surface area contributed by atoms with E-state index in [0.717, 1.165) is 9.08 Å². The zero-order valence-corrected chi connectivity index (χ0v) is 17.8. The standard InChI is InChI=1S/C23H22N8O2/c1-14-10-16(11-17(13-32)26-14)19-20(15-6-4-3-5-7-15)27-22(24)31-21(19)28-30(23(31)33)12-18-25-8-9-29(18)2/h3-11,32H,12-13H2,1-2H3,(H2,24,27)/i3D,4D,5D,6D,7D. The van der Waals surface area contributed by atoms with Crippen LogP contribution in [0.4, 0.5) is 5.95 Å². The third-order valence-corrected chi connectivity index (χ3v) is 5.16. The van der Waals surface area contributed by atoms with Gasteiger partial charge in [0.15, 0.2) is 5.65 Å². The molecule has 4 aromatic heterocycles. The lowest BCUT2D eigenvalue weighted by molar-refractivity contribution is 0.276. The number of imidazole rings is 1. The van der Waals surface area contributed by atoms with Crippen molar-refractivity contribution in [2.45, 2.75) is 20.1 Å². The molecule has 0 spiro atoms. The number of fused-ring (bicyclic) bond motifs is 1. The number of aliphatic hydroxyl groups is 1. The van der Waals surface area contributed by atoms with Crippen LogP contribution in [-0.4, -0.2) is 38.8 Å². The average molecular weight is 448 g/mol. The fourth-order valence-corrected chi connectivity index (χ4v) is 3.67. The number of aliphatic hydroxyl groups excluding tert-OH is 1. The second kappa shape index (κ2) is 7.99. The predicted octanol–water partition coefficient (Wildman–Crippen LogP) is 1.78. The Balaban J connectivity index is 1.93. The first-order chi connectivity index (χ1) is 18.0. The Morgan fingerprint density at radius 1 is 1.15 bits per heavy atom. The van der Waals surface area contributed by atoms with Gasteiger partial charge in [0, 0.05) is 30.7 Å². The Bertz CT molecular complexity index is 1780. The van der Waals surface area contributed by atoms with Crippen molar-refractivity contribution in [1.29, 1.82) is 0 Å². The molecule has 0 aliphatic rings. The van der Waals surface area contributed by atoms with Gasteiger partial charge in [-0.2, -0.15) is 0 Å². The molecule has 0 fully saturated rings. The predicted molar refractivity (Wildman–Crippen MR) is 123 cm³/mol. The summed E-state index contributed by atoms with van der Waals surface area (Å²) in [5, 5.41) is 14.3. The van der Waals surface area contributed by atoms with Gasteiger partial charge in [0.25, 0.3) is 0 Å². The van der Waals surface area contributed by atoms with Crippen molar-refractivity contribution in [2.75, 3.05) is 5.73 Å². The minimum Gasteiger partial charge on any atom is -0.390 e. The minimum atomic E-state index is -0.602. The smallest absolute Gasteiger partial charge is 0.353 e. The molecule has 0 saturated carbocycles. The van der Waals surface area contributed by atoms with E-state index in [2.05, 4.69) is 20.1 Å². The van der Waals surface area contributed by atoms with Crippen LogP contribution in [0, 0.1) is 6.92 Å². The molecule has 166 valence electrons. The van der Waals surface area contributed by atoms with Gasteiger partial charge in [-0.1, -0.05) is 30.2 Å². The fourth-order valence-electron chi connectivity index (χ4n) is 3.67. The number of pyridine rings is 1. The molecule has 5 rings (SSSR count). The molecule has 0 unspecified atom stereocenters. The molecule has 0 radical (unpaired) electrons. The normalized spacial score (nSPS) is 13.5. The highest BCUT2D eigenvalue weighted by molar-refractivity contribution is 5.90. The Morgan fingerprint density at radius 3 is 2.64 bits per heavy atom. The minimum absolute atomic E-state index is 0.0180. The Hall–Kier alpha value is -4.31. The van der Waals surface area contributed by atoms with Gasteiger partial charge < -0.3 is 15.4 Å². The molecule has 0 amide bonds. The third kappa shape index (κ3) is 3.56. The zero-order valence-electron chi connectivity index (χ0n) is 22.8. The number of anilines is 1. The molecule has 33 heavy (non-hydrogen) atoms. The molecule has 5 aromatic rings. The summed E-state index contributed by atoms with van der Waals surface area (Å²) in [7, 11) is 1.77. The van der Waals surface area contributed by atoms with Crippen LogP contribution in [0.3, 0.4) is 0 Å². The van der Waals surface area contributed by atoms with Crippen molar-refractivity contribution in [3.63, 3.8) is 0 Å². The number of rotatable bonds is 5. The summed E-state index contributed by atoms with van der Waals surface area (Å²) in [5.41, 5.74) is 6.86. The molecular formula is C23H22N8O2. The van der Waals surface area contributed by atoms with E-state index in [1.165, 1.54) is 0 Å². The van der Waals surface area contributed by atoms with Gasteiger partial charge in [0.1, 0.15) is 12.4 Å². The number of nitrogens with zero attached hydrogens (tertiary/aromatic N) is 7. The number of benzene rings is 1. The number of nitrogens with two attached hydrogens (primary N) is 1. The van der Waals surface area contributed by atoms with Crippen LogP contribution in [0.5, 0.6) is 0 Å². The maximum atomic E-state index is 13.4. The van der Waals surface area contributed by atoms with Crippen molar-refractivity contribution in [3.05, 3.63) is 82.4 Å². The second-order valence-electron chi connectivity index (χ2n) is 7.39. The zero-order chi connectivity index (χ0) is 27.5. The van der Waals surface area contributed by atoms with Crippen LogP contribution in [0.1, 0.15) is 24.1 Å². The maximum absolute atomic E-state index is 13.4. The quantitative estimate of drug-likeness (QED) is 0.420. The van der Waals surface area contributed by atoms with E-state index < -0.39 is 35.9 Å². The molecule has 3 N–H and O–H groups in total. The molecule has 0 aliphatic carbocycles. The van der Waals surface area contributed by atoms with Gasteiger partial charge >= 0.3 is 5.69 Å². The first-order valence-electron chi connectivity index (χ1n) is 12.4. The van der Waals surface area contributed by atoms with Crippen LogP contribution in [0.2, 0.25) is 0 Å². The topological polar surface area (TPSA) is 129 Å². The van der Waals surface area contributed by atoms with Crippen molar-refractivity contribution in [2.24, 2.45) is 7.05 Å². The first-order valence-corrected chi connectivity index (χ1v) is 9.94. The van der Waals surface area contributed by atoms with Gasteiger partial charge in [0.2, 0.25) is 5.95 Å². The molecule has 0 saturated heterocycles. The van der Waals surface area contributed by atoms with Crippen LogP contribution >= 0.6 is 0 Å². The number of aromatic nitrogens is 7. The molecule has 1 aromatic carbocycles. The monoisotopic (exact) mass is 447 g/mol. The lowest BCUT2D eigenvalue weighted by Gasteiger charge is -2.13. The van der Waals surface area contributed by atoms with E-state index in [1.54, 1.807) is 43.1 Å². The van der Waals surface area contributed by atoms with E-state index in [1.807, 2.05) is 0 Å². The highest BCUT2D eigenvalue weighted by Gasteiger charge is 2.22. The molecule has 10 heteroatoms. The SMILES string of the molecule is [2H]c1c([2H])c([2H])c(-c2nc(N)n3c(=O)n(Cc4nccn4C)nc3c2-c2cc(C)nc(CO)c2)c([2H])c1[2H]. The lowest BCUT2D eigenvalue weighted by atomic mass is 9.99. The van der Waals surface area contributed by atoms with Crippen molar-refractivity contribution in [1.82, 2.24) is 33.7 Å². The summed E-state index contributed by atoms with van der Waals surface area (Å²) in [6.07, 6.45) is 3.31. The number of hydrogen-bond acceptors (Lipinski definition) is 7. The first kappa shape index (κ1) is 15.5. The summed E-state index contributed by atoms with van der Waals surface area (Å²) in [4.78, 5) is 26.3. The average Bonchev–Trinajstić information content (AvgIpc) is 3.44. The molecule has 0 bridgehead atoms. The van der Waals surface area contributed by atoms with Gasteiger partial charge in [-0.25, -0.2) is 23.8 Å². The second-order valence-corrected chi connectivity index (χ2v) is 7.39. The third-order valence-electron chi connectivity index (χ3n) is 5.16. The van der Waals surface area contributed by atoms with Crippen LogP contribution in [-0.2, 0) is 20.2 Å². The molecule has 10 nitrogen and oxygen atoms in total. The maximum Gasteiger partial charge on any atom is 0.353 e. The van der Waals surface area contributed by atoms with E-state index in [-0.39, 0.29) is 41.6 Å². The fraction of sp³-hybridized carbons (Fsp3) is 0.174. The van der Waals surface area contributed by atoms with Crippen LogP contribution < -0.4 is 11.4 Å². The summed E-state index contributed by atoms with van der Waals surface area (Å²) in [5.74, 6) is 0.270. The van der Waals surface area contributed by atoms with Gasteiger partial charge in [-0.15, -0.1) is 5.10 Å². The van der Waals surface area contributed by atoms with E-state index >= 15 is 0 Å². The molecular weight excluding hydrogens is 420 g/mol. The summed E-state index contributed by atoms with van der Waals surface area (Å²) < 4.78 is 45.3. The van der Waals surface area contributed by atoms with E-state index in [4.69, 9.17) is 12.6 Å². The molecule has 4 heterocycles. The Morgan fingerprint density at radius 2 is 1.94 bits per heavy atom. The molecule has 0 atom stereocenters. The lowest BCUT2D eigenvalue weighted by Crippen LogP contribution is -2.24. The molecule has 0 aliphatic heterocycles. The summed E-state index contributed by atoms with van der Waals surface area (Å²) in [6, 6.07) is 0.582. The van der Waals surface area contributed by atoms with Gasteiger partial charge in [0.05, 0.1) is 30.4 Å². The van der Waals surface area contributed by atoms with Crippen molar-refractivity contribution >= 4 is 11.6 Å². The van der Waals surface area contributed by atoms with Crippen LogP contribution in [0.15, 0.2) is 59.5 Å². The van der Waals surface area contributed by atoms with Crippen molar-refractivity contribution in [3.8, 4) is 22.4 Å². The van der Waals surface area contributed by atoms with Crippen molar-refractivity contribution < 1.29 is 12.0 Å². The van der Waals surface area contributed by atoms with Crippen LogP contribution in [0.25, 0.3) is 28.0 Å². The highest BCUT2D eigenvalue weighted by atomic mass is 16.3. The number of hydrogen-bond donors (Lipinski definition) is 2. The summed E-state index contributed by atoms with van der Waals surface area (Å²) >= 11 is 0. The van der Waals surface area contributed by atoms with Gasteiger partial charge in [-0.3, -0.25) is 4.98 Å².